The Morgan fingerprint density at radius 2 is 1.94 bits per heavy atom. The van der Waals surface area contributed by atoms with Crippen LogP contribution < -0.4 is 5.32 Å². The van der Waals surface area contributed by atoms with Gasteiger partial charge in [-0.2, -0.15) is 0 Å². The van der Waals surface area contributed by atoms with Crippen LogP contribution in [0.15, 0.2) is 0 Å². The van der Waals surface area contributed by atoms with E-state index >= 15 is 0 Å². The van der Waals surface area contributed by atoms with Crippen molar-refractivity contribution in [3.8, 4) is 0 Å². The second kappa shape index (κ2) is 6.21. The number of carbonyl (C=O) groups is 1. The molecule has 0 unspecified atom stereocenters. The first kappa shape index (κ1) is 13.5. The molecule has 0 aromatic rings. The fraction of sp³-hybridized carbons (Fsp3) is 0.917. The van der Waals surface area contributed by atoms with Gasteiger partial charge in [0.05, 0.1) is 13.2 Å². The zero-order chi connectivity index (χ0) is 12.0. The smallest absolute Gasteiger partial charge is 0.224 e. The van der Waals surface area contributed by atoms with E-state index in [1.54, 1.807) is 0 Å². The Bertz CT molecular complexity index is 218. The summed E-state index contributed by atoms with van der Waals surface area (Å²) >= 11 is 0. The van der Waals surface area contributed by atoms with Crippen molar-refractivity contribution in [2.75, 3.05) is 39.4 Å². The summed E-state index contributed by atoms with van der Waals surface area (Å²) in [6.07, 6.45) is 0.593. The molecule has 0 atom stereocenters. The molecule has 0 aliphatic carbocycles. The van der Waals surface area contributed by atoms with Gasteiger partial charge in [0.15, 0.2) is 0 Å². The molecular formula is C12H24N2O2. The Morgan fingerprint density at radius 1 is 1.31 bits per heavy atom. The van der Waals surface area contributed by atoms with E-state index in [-0.39, 0.29) is 11.3 Å². The summed E-state index contributed by atoms with van der Waals surface area (Å²) in [5.41, 5.74) is 0.280. The van der Waals surface area contributed by atoms with Crippen molar-refractivity contribution < 1.29 is 9.53 Å². The minimum absolute atomic E-state index is 0.240. The maximum atomic E-state index is 11.8. The highest BCUT2D eigenvalue weighted by atomic mass is 16.5. The highest BCUT2D eigenvalue weighted by molar-refractivity contribution is 5.76. The van der Waals surface area contributed by atoms with Crippen LogP contribution in [-0.4, -0.2) is 50.2 Å². The Kier molecular flexibility index (Phi) is 5.22. The number of nitrogens with one attached hydrogen (secondary N) is 1. The van der Waals surface area contributed by atoms with Crippen molar-refractivity contribution in [3.63, 3.8) is 0 Å². The third-order valence-corrected chi connectivity index (χ3v) is 2.53. The van der Waals surface area contributed by atoms with Gasteiger partial charge in [-0.05, 0) is 5.41 Å². The predicted octanol–water partition coefficient (Wildman–Crippen LogP) is 0.871. The Hall–Kier alpha value is -0.610. The number of ether oxygens (including phenoxy) is 1. The second-order valence-electron chi connectivity index (χ2n) is 5.48. The van der Waals surface area contributed by atoms with Crippen LogP contribution >= 0.6 is 0 Å². The Morgan fingerprint density at radius 3 is 2.50 bits per heavy atom. The summed E-state index contributed by atoms with van der Waals surface area (Å²) in [6, 6.07) is 0. The monoisotopic (exact) mass is 228 g/mol. The molecular weight excluding hydrogens is 204 g/mol. The van der Waals surface area contributed by atoms with Crippen LogP contribution in [-0.2, 0) is 9.53 Å². The molecule has 0 bridgehead atoms. The highest BCUT2D eigenvalue weighted by Crippen LogP contribution is 2.10. The number of hydrogen-bond donors (Lipinski definition) is 1. The van der Waals surface area contributed by atoms with Crippen molar-refractivity contribution in [2.24, 2.45) is 5.41 Å². The van der Waals surface area contributed by atoms with Crippen LogP contribution in [0, 0.1) is 5.41 Å². The Labute approximate surface area is 98.3 Å². The van der Waals surface area contributed by atoms with Crippen LogP contribution in [0.25, 0.3) is 0 Å². The van der Waals surface area contributed by atoms with Crippen molar-refractivity contribution in [3.05, 3.63) is 0 Å². The highest BCUT2D eigenvalue weighted by Gasteiger charge is 2.16. The molecule has 1 saturated heterocycles. The van der Waals surface area contributed by atoms with E-state index in [4.69, 9.17) is 4.74 Å². The van der Waals surface area contributed by atoms with Gasteiger partial charge in [-0.25, -0.2) is 0 Å². The fourth-order valence-corrected chi connectivity index (χ4v) is 1.63. The lowest BCUT2D eigenvalue weighted by Gasteiger charge is -2.27. The van der Waals surface area contributed by atoms with Crippen LogP contribution in [0.4, 0.5) is 0 Å². The molecule has 1 rings (SSSR count). The molecule has 1 aliphatic rings. The van der Waals surface area contributed by atoms with Crippen LogP contribution in [0.5, 0.6) is 0 Å². The topological polar surface area (TPSA) is 41.6 Å². The van der Waals surface area contributed by atoms with Gasteiger partial charge in [0, 0.05) is 32.6 Å². The number of amides is 1. The average Bonchev–Trinajstić information content (AvgIpc) is 2.24. The number of nitrogens with zero attached hydrogens (tertiary/aromatic N) is 1. The van der Waals surface area contributed by atoms with Gasteiger partial charge in [0.25, 0.3) is 0 Å². The molecule has 16 heavy (non-hydrogen) atoms. The van der Waals surface area contributed by atoms with Crippen molar-refractivity contribution in [1.29, 1.82) is 0 Å². The predicted molar refractivity (Wildman–Crippen MR) is 64.3 cm³/mol. The minimum Gasteiger partial charge on any atom is -0.378 e. The normalized spacial score (nSPS) is 17.6. The lowest BCUT2D eigenvalue weighted by Crippen LogP contribution is -2.42. The fourth-order valence-electron chi connectivity index (χ4n) is 1.63. The minimum atomic E-state index is 0.240. The third-order valence-electron chi connectivity index (χ3n) is 2.53. The number of rotatable bonds is 4. The molecule has 0 saturated carbocycles. The second-order valence-corrected chi connectivity index (χ2v) is 5.48. The lowest BCUT2D eigenvalue weighted by molar-refractivity contribution is -0.135. The molecule has 1 heterocycles. The first-order valence-electron chi connectivity index (χ1n) is 6.05. The van der Waals surface area contributed by atoms with Gasteiger partial charge in [-0.15, -0.1) is 0 Å². The summed E-state index contributed by atoms with van der Waals surface area (Å²) in [4.78, 5) is 13.6. The van der Waals surface area contributed by atoms with Gasteiger partial charge < -0.3 is 15.0 Å². The summed E-state index contributed by atoms with van der Waals surface area (Å²) in [7, 11) is 0. The molecule has 4 heteroatoms. The van der Waals surface area contributed by atoms with E-state index in [0.29, 0.717) is 19.6 Å². The Balaban J connectivity index is 2.10. The van der Waals surface area contributed by atoms with Crippen LogP contribution in [0.2, 0.25) is 0 Å². The zero-order valence-electron chi connectivity index (χ0n) is 10.7. The number of carbonyl (C=O) groups excluding carboxylic acids is 1. The molecule has 0 aromatic heterocycles. The van der Waals surface area contributed by atoms with E-state index in [1.165, 1.54) is 0 Å². The van der Waals surface area contributed by atoms with E-state index in [2.05, 4.69) is 26.1 Å². The molecule has 1 amide bonds. The van der Waals surface area contributed by atoms with E-state index in [9.17, 15) is 4.79 Å². The maximum absolute atomic E-state index is 11.8. The molecule has 1 N–H and O–H groups in total. The van der Waals surface area contributed by atoms with Gasteiger partial charge >= 0.3 is 0 Å². The van der Waals surface area contributed by atoms with Crippen molar-refractivity contribution >= 4 is 5.91 Å². The van der Waals surface area contributed by atoms with E-state index in [1.807, 2.05) is 4.90 Å². The standard InChI is InChI=1S/C12H24N2O2/c1-12(2,3)10-13-5-4-11(15)14-6-8-16-9-7-14/h13H,4-10H2,1-3H3. The molecule has 0 aromatic carbocycles. The number of morpholine rings is 1. The molecule has 0 spiro atoms. The van der Waals surface area contributed by atoms with E-state index in [0.717, 1.165) is 26.2 Å². The van der Waals surface area contributed by atoms with E-state index < -0.39 is 0 Å². The van der Waals surface area contributed by atoms with Gasteiger partial charge in [-0.1, -0.05) is 20.8 Å². The summed E-state index contributed by atoms with van der Waals surface area (Å²) < 4.78 is 5.21. The largest absolute Gasteiger partial charge is 0.378 e. The summed E-state index contributed by atoms with van der Waals surface area (Å²) in [5.74, 6) is 0.240. The van der Waals surface area contributed by atoms with Crippen LogP contribution in [0.3, 0.4) is 0 Å². The van der Waals surface area contributed by atoms with Crippen LogP contribution in [0.1, 0.15) is 27.2 Å². The average molecular weight is 228 g/mol. The summed E-state index contributed by atoms with van der Waals surface area (Å²) in [6.45, 7) is 11.1. The third kappa shape index (κ3) is 5.47. The first-order valence-corrected chi connectivity index (χ1v) is 6.05. The molecule has 94 valence electrons. The van der Waals surface area contributed by atoms with Gasteiger partial charge in [0.2, 0.25) is 5.91 Å². The molecule has 4 nitrogen and oxygen atoms in total. The summed E-state index contributed by atoms with van der Waals surface area (Å²) in [5, 5.41) is 3.32. The lowest BCUT2D eigenvalue weighted by atomic mass is 9.97. The SMILES string of the molecule is CC(C)(C)CNCCC(=O)N1CCOCC1. The molecule has 0 radical (unpaired) electrons. The molecule has 1 aliphatic heterocycles. The molecule has 1 fully saturated rings. The van der Waals surface area contributed by atoms with Crippen molar-refractivity contribution in [1.82, 2.24) is 10.2 Å². The zero-order valence-corrected chi connectivity index (χ0v) is 10.7. The van der Waals surface area contributed by atoms with Crippen molar-refractivity contribution in [2.45, 2.75) is 27.2 Å². The quantitative estimate of drug-likeness (QED) is 0.726. The first-order chi connectivity index (χ1) is 7.49. The maximum Gasteiger partial charge on any atom is 0.224 e. The van der Waals surface area contributed by atoms with Gasteiger partial charge in [-0.3, -0.25) is 4.79 Å². The number of hydrogen-bond acceptors (Lipinski definition) is 3. The van der Waals surface area contributed by atoms with Gasteiger partial charge in [0.1, 0.15) is 0 Å².